The van der Waals surface area contributed by atoms with Crippen molar-refractivity contribution in [1.82, 2.24) is 5.32 Å². The molecule has 0 amide bonds. The fraction of sp³-hybridized carbons (Fsp3) is 0.250. The molecule has 15 heavy (non-hydrogen) atoms. The van der Waals surface area contributed by atoms with Gasteiger partial charge in [-0.2, -0.15) is 0 Å². The van der Waals surface area contributed by atoms with Gasteiger partial charge in [-0.3, -0.25) is 0 Å². The minimum absolute atomic E-state index is 0.173. The SMILES string of the molecule is COC(=O)/C=C/NC(C)c1ccccc1. The molecule has 3 nitrogen and oxygen atoms in total. The average Bonchev–Trinajstić information content (AvgIpc) is 2.29. The van der Waals surface area contributed by atoms with Crippen molar-refractivity contribution < 1.29 is 9.53 Å². The second-order valence-electron chi connectivity index (χ2n) is 3.16. The van der Waals surface area contributed by atoms with Gasteiger partial charge in [-0.1, -0.05) is 30.3 Å². The van der Waals surface area contributed by atoms with Crippen molar-refractivity contribution in [2.75, 3.05) is 7.11 Å². The van der Waals surface area contributed by atoms with Gasteiger partial charge in [-0.25, -0.2) is 4.79 Å². The van der Waals surface area contributed by atoms with E-state index in [4.69, 9.17) is 0 Å². The van der Waals surface area contributed by atoms with Crippen LogP contribution in [0, 0.1) is 0 Å². The van der Waals surface area contributed by atoms with Gasteiger partial charge < -0.3 is 10.1 Å². The van der Waals surface area contributed by atoms with Crippen LogP contribution >= 0.6 is 0 Å². The quantitative estimate of drug-likeness (QED) is 0.603. The first-order chi connectivity index (χ1) is 7.24. The largest absolute Gasteiger partial charge is 0.466 e. The van der Waals surface area contributed by atoms with Gasteiger partial charge in [-0.15, -0.1) is 0 Å². The molecule has 0 aliphatic rings. The fourth-order valence-electron chi connectivity index (χ4n) is 1.17. The molecule has 1 atom stereocenters. The van der Waals surface area contributed by atoms with E-state index in [0.29, 0.717) is 0 Å². The lowest BCUT2D eigenvalue weighted by molar-refractivity contribution is -0.134. The molecule has 1 rings (SSSR count). The van der Waals surface area contributed by atoms with Crippen LogP contribution in [0.1, 0.15) is 18.5 Å². The average molecular weight is 205 g/mol. The Balaban J connectivity index is 2.47. The van der Waals surface area contributed by atoms with Gasteiger partial charge in [0.1, 0.15) is 0 Å². The molecule has 1 N–H and O–H groups in total. The van der Waals surface area contributed by atoms with Gasteiger partial charge in [-0.05, 0) is 12.5 Å². The number of nitrogens with one attached hydrogen (secondary N) is 1. The van der Waals surface area contributed by atoms with Gasteiger partial charge in [0.15, 0.2) is 0 Å². The zero-order valence-electron chi connectivity index (χ0n) is 8.94. The van der Waals surface area contributed by atoms with Crippen LogP contribution in [0.4, 0.5) is 0 Å². The lowest BCUT2D eigenvalue weighted by Gasteiger charge is -2.11. The van der Waals surface area contributed by atoms with Crippen LogP contribution in [0.3, 0.4) is 0 Å². The van der Waals surface area contributed by atoms with E-state index in [0.717, 1.165) is 0 Å². The van der Waals surface area contributed by atoms with E-state index >= 15 is 0 Å². The highest BCUT2D eigenvalue weighted by Gasteiger charge is 2.00. The molecular weight excluding hydrogens is 190 g/mol. The fourth-order valence-corrected chi connectivity index (χ4v) is 1.17. The highest BCUT2D eigenvalue weighted by molar-refractivity contribution is 5.81. The third-order valence-electron chi connectivity index (χ3n) is 2.07. The van der Waals surface area contributed by atoms with E-state index in [-0.39, 0.29) is 12.0 Å². The van der Waals surface area contributed by atoms with E-state index in [1.165, 1.54) is 18.7 Å². The van der Waals surface area contributed by atoms with Gasteiger partial charge in [0.2, 0.25) is 0 Å². The van der Waals surface area contributed by atoms with E-state index in [1.54, 1.807) is 6.20 Å². The molecule has 80 valence electrons. The molecule has 1 unspecified atom stereocenters. The number of hydrogen-bond acceptors (Lipinski definition) is 3. The summed E-state index contributed by atoms with van der Waals surface area (Å²) in [4.78, 5) is 10.8. The van der Waals surface area contributed by atoms with Crippen LogP contribution < -0.4 is 5.32 Å². The summed E-state index contributed by atoms with van der Waals surface area (Å²) in [6.07, 6.45) is 2.96. The summed E-state index contributed by atoms with van der Waals surface area (Å²) >= 11 is 0. The second kappa shape index (κ2) is 5.86. The Morgan fingerprint density at radius 1 is 1.40 bits per heavy atom. The van der Waals surface area contributed by atoms with Crippen LogP contribution in [-0.4, -0.2) is 13.1 Å². The van der Waals surface area contributed by atoms with E-state index < -0.39 is 0 Å². The number of benzene rings is 1. The smallest absolute Gasteiger partial charge is 0.331 e. The Kier molecular flexibility index (Phi) is 4.41. The first-order valence-corrected chi connectivity index (χ1v) is 4.79. The molecule has 0 aliphatic heterocycles. The number of carbonyl (C=O) groups excluding carboxylic acids is 1. The highest BCUT2D eigenvalue weighted by Crippen LogP contribution is 2.10. The summed E-state index contributed by atoms with van der Waals surface area (Å²) in [7, 11) is 1.35. The second-order valence-corrected chi connectivity index (χ2v) is 3.16. The predicted molar refractivity (Wildman–Crippen MR) is 59.1 cm³/mol. The Labute approximate surface area is 89.8 Å². The minimum atomic E-state index is -0.359. The lowest BCUT2D eigenvalue weighted by Crippen LogP contribution is -2.12. The van der Waals surface area contributed by atoms with Gasteiger partial charge in [0.05, 0.1) is 7.11 Å². The van der Waals surface area contributed by atoms with Crippen molar-refractivity contribution in [2.45, 2.75) is 13.0 Å². The molecular formula is C12H15NO2. The molecule has 1 aromatic carbocycles. The van der Waals surface area contributed by atoms with Crippen molar-refractivity contribution in [3.8, 4) is 0 Å². The Hall–Kier alpha value is -1.77. The van der Waals surface area contributed by atoms with Crippen molar-refractivity contribution in [1.29, 1.82) is 0 Å². The van der Waals surface area contributed by atoms with E-state index in [2.05, 4.69) is 10.1 Å². The Bertz CT molecular complexity index is 333. The zero-order valence-corrected chi connectivity index (χ0v) is 8.94. The van der Waals surface area contributed by atoms with Crippen LogP contribution in [-0.2, 0) is 9.53 Å². The molecule has 0 saturated carbocycles. The first-order valence-electron chi connectivity index (χ1n) is 4.79. The van der Waals surface area contributed by atoms with Crippen molar-refractivity contribution in [3.63, 3.8) is 0 Å². The molecule has 0 bridgehead atoms. The molecule has 0 saturated heterocycles. The molecule has 0 radical (unpaired) electrons. The molecule has 0 heterocycles. The number of hydrogen-bond donors (Lipinski definition) is 1. The van der Waals surface area contributed by atoms with Crippen LogP contribution in [0.25, 0.3) is 0 Å². The minimum Gasteiger partial charge on any atom is -0.466 e. The van der Waals surface area contributed by atoms with E-state index in [1.807, 2.05) is 37.3 Å². The highest BCUT2D eigenvalue weighted by atomic mass is 16.5. The zero-order chi connectivity index (χ0) is 11.1. The van der Waals surface area contributed by atoms with Crippen LogP contribution in [0.2, 0.25) is 0 Å². The normalized spacial score (nSPS) is 12.4. The maximum Gasteiger partial charge on any atom is 0.331 e. The summed E-state index contributed by atoms with van der Waals surface area (Å²) in [6, 6.07) is 10.2. The molecule has 0 aromatic heterocycles. The molecule has 3 heteroatoms. The Morgan fingerprint density at radius 2 is 2.07 bits per heavy atom. The Morgan fingerprint density at radius 3 is 2.67 bits per heavy atom. The standard InChI is InChI=1S/C12H15NO2/c1-10(11-6-4-3-5-7-11)13-9-8-12(14)15-2/h3-10,13H,1-2H3/b9-8+. The van der Waals surface area contributed by atoms with Gasteiger partial charge in [0, 0.05) is 18.3 Å². The number of rotatable bonds is 4. The summed E-state index contributed by atoms with van der Waals surface area (Å²) in [5, 5.41) is 3.08. The third-order valence-corrected chi connectivity index (χ3v) is 2.07. The first kappa shape index (κ1) is 11.3. The number of carbonyl (C=O) groups is 1. The number of methoxy groups -OCH3 is 1. The molecule has 0 fully saturated rings. The third kappa shape index (κ3) is 3.85. The summed E-state index contributed by atoms with van der Waals surface area (Å²) in [5.41, 5.74) is 1.17. The molecule has 1 aromatic rings. The molecule has 0 aliphatic carbocycles. The van der Waals surface area contributed by atoms with Crippen molar-refractivity contribution in [2.24, 2.45) is 0 Å². The number of esters is 1. The maximum absolute atomic E-state index is 10.8. The van der Waals surface area contributed by atoms with Crippen LogP contribution in [0.15, 0.2) is 42.6 Å². The van der Waals surface area contributed by atoms with Crippen LogP contribution in [0.5, 0.6) is 0 Å². The summed E-state index contributed by atoms with van der Waals surface area (Å²) < 4.78 is 4.47. The lowest BCUT2D eigenvalue weighted by atomic mass is 10.1. The predicted octanol–water partition coefficient (Wildman–Crippen LogP) is 2.02. The van der Waals surface area contributed by atoms with Crippen molar-refractivity contribution >= 4 is 5.97 Å². The maximum atomic E-state index is 10.8. The number of ether oxygens (including phenoxy) is 1. The summed E-state index contributed by atoms with van der Waals surface area (Å²) in [5.74, 6) is -0.359. The topological polar surface area (TPSA) is 38.3 Å². The van der Waals surface area contributed by atoms with Gasteiger partial charge in [0.25, 0.3) is 0 Å². The van der Waals surface area contributed by atoms with E-state index in [9.17, 15) is 4.79 Å². The summed E-state index contributed by atoms with van der Waals surface area (Å²) in [6.45, 7) is 2.02. The molecule has 0 spiro atoms. The van der Waals surface area contributed by atoms with Gasteiger partial charge >= 0.3 is 5.97 Å². The monoisotopic (exact) mass is 205 g/mol. The van der Waals surface area contributed by atoms with Crippen molar-refractivity contribution in [3.05, 3.63) is 48.2 Å².